The van der Waals surface area contributed by atoms with Crippen LogP contribution in [0.2, 0.25) is 0 Å². The Kier molecular flexibility index (Phi) is 6.19. The Morgan fingerprint density at radius 3 is 2.42 bits per heavy atom. The highest BCUT2D eigenvalue weighted by atomic mass is 32.1. The highest BCUT2D eigenvalue weighted by molar-refractivity contribution is 7.14. The number of nitro groups is 1. The van der Waals surface area contributed by atoms with Crippen LogP contribution < -0.4 is 9.64 Å². The summed E-state index contributed by atoms with van der Waals surface area (Å²) in [4.78, 5) is 30.4. The first kappa shape index (κ1) is 22.2. The van der Waals surface area contributed by atoms with E-state index < -0.39 is 4.92 Å². The SMILES string of the molecule is COc1ccccc1N(C(=O)c1ccc(C)c(C)c1)c1nc(-c2ccc([N+](=O)[O-])cc2)cs1. The van der Waals surface area contributed by atoms with E-state index in [1.54, 1.807) is 36.3 Å². The molecule has 0 saturated heterocycles. The lowest BCUT2D eigenvalue weighted by Gasteiger charge is -2.22. The number of hydrogen-bond donors (Lipinski definition) is 0. The molecule has 0 fully saturated rings. The summed E-state index contributed by atoms with van der Waals surface area (Å²) >= 11 is 1.31. The van der Waals surface area contributed by atoms with Gasteiger partial charge in [0.25, 0.3) is 11.6 Å². The van der Waals surface area contributed by atoms with Crippen molar-refractivity contribution in [2.75, 3.05) is 12.0 Å². The van der Waals surface area contributed by atoms with Crippen LogP contribution in [0.4, 0.5) is 16.5 Å². The molecule has 0 bridgehead atoms. The van der Waals surface area contributed by atoms with Crippen molar-refractivity contribution in [1.29, 1.82) is 0 Å². The predicted octanol–water partition coefficient (Wildman–Crippen LogP) is 6.32. The number of hydrogen-bond acceptors (Lipinski definition) is 6. The maximum absolute atomic E-state index is 13.7. The summed E-state index contributed by atoms with van der Waals surface area (Å²) < 4.78 is 5.52. The standard InChI is InChI=1S/C25H21N3O4S/c1-16-8-9-19(14-17(16)2)24(29)27(22-6-4-5-7-23(22)32-3)25-26-21(15-33-25)18-10-12-20(13-11-18)28(30)31/h4-15H,1-3H3. The zero-order chi connectivity index (χ0) is 23.5. The molecule has 0 aliphatic heterocycles. The van der Waals surface area contributed by atoms with Crippen LogP contribution in [-0.4, -0.2) is 22.9 Å². The van der Waals surface area contributed by atoms with Gasteiger partial charge < -0.3 is 4.74 Å². The molecule has 0 aliphatic carbocycles. The molecule has 0 unspecified atom stereocenters. The molecule has 1 aromatic heterocycles. The van der Waals surface area contributed by atoms with Crippen molar-refractivity contribution in [3.8, 4) is 17.0 Å². The first-order valence-corrected chi connectivity index (χ1v) is 11.0. The highest BCUT2D eigenvalue weighted by Gasteiger charge is 2.26. The predicted molar refractivity (Wildman–Crippen MR) is 130 cm³/mol. The maximum atomic E-state index is 13.7. The molecule has 0 atom stereocenters. The molecule has 7 nitrogen and oxygen atoms in total. The van der Waals surface area contributed by atoms with Gasteiger partial charge in [-0.15, -0.1) is 11.3 Å². The van der Waals surface area contributed by atoms with Gasteiger partial charge in [0.2, 0.25) is 0 Å². The van der Waals surface area contributed by atoms with E-state index in [1.807, 2.05) is 49.6 Å². The van der Waals surface area contributed by atoms with Crippen LogP contribution in [0.25, 0.3) is 11.3 Å². The summed E-state index contributed by atoms with van der Waals surface area (Å²) in [5, 5.41) is 13.2. The number of aryl methyl sites for hydroxylation is 2. The molecule has 1 heterocycles. The molecular formula is C25H21N3O4S. The fraction of sp³-hybridized carbons (Fsp3) is 0.120. The van der Waals surface area contributed by atoms with E-state index in [-0.39, 0.29) is 11.6 Å². The number of para-hydroxylation sites is 2. The number of benzene rings is 3. The van der Waals surface area contributed by atoms with Gasteiger partial charge in [0.15, 0.2) is 5.13 Å². The minimum absolute atomic E-state index is 0.00905. The number of nitrogens with zero attached hydrogens (tertiary/aromatic N) is 3. The van der Waals surface area contributed by atoms with Crippen LogP contribution in [0, 0.1) is 24.0 Å². The number of carbonyl (C=O) groups is 1. The number of nitro benzene ring substituents is 1. The molecule has 1 amide bonds. The number of non-ortho nitro benzene ring substituents is 1. The molecule has 0 aliphatic rings. The summed E-state index contributed by atoms with van der Waals surface area (Å²) in [6.45, 7) is 3.97. The van der Waals surface area contributed by atoms with Gasteiger partial charge in [0, 0.05) is 28.6 Å². The topological polar surface area (TPSA) is 85.6 Å². The van der Waals surface area contributed by atoms with Crippen LogP contribution in [-0.2, 0) is 0 Å². The van der Waals surface area contributed by atoms with E-state index in [9.17, 15) is 14.9 Å². The van der Waals surface area contributed by atoms with Crippen molar-refractivity contribution >= 4 is 33.8 Å². The fourth-order valence-corrected chi connectivity index (χ4v) is 4.21. The van der Waals surface area contributed by atoms with Gasteiger partial charge in [-0.05, 0) is 61.4 Å². The fourth-order valence-electron chi connectivity index (χ4n) is 3.37. The molecule has 0 N–H and O–H groups in total. The molecule has 33 heavy (non-hydrogen) atoms. The molecule has 0 saturated carbocycles. The molecule has 4 rings (SSSR count). The number of thiazole rings is 1. The first-order chi connectivity index (χ1) is 15.9. The van der Waals surface area contributed by atoms with Crippen LogP contribution >= 0.6 is 11.3 Å². The Bertz CT molecular complexity index is 1330. The van der Waals surface area contributed by atoms with Crippen LogP contribution in [0.3, 0.4) is 0 Å². The molecule has 8 heteroatoms. The van der Waals surface area contributed by atoms with Gasteiger partial charge in [0.1, 0.15) is 5.75 Å². The second-order valence-corrected chi connectivity index (χ2v) is 8.27. The molecule has 0 radical (unpaired) electrons. The third-order valence-electron chi connectivity index (χ3n) is 5.34. The zero-order valence-corrected chi connectivity index (χ0v) is 19.1. The minimum atomic E-state index is -0.443. The van der Waals surface area contributed by atoms with Crippen LogP contribution in [0.1, 0.15) is 21.5 Å². The van der Waals surface area contributed by atoms with Crippen molar-refractivity contribution in [2.45, 2.75) is 13.8 Å². The monoisotopic (exact) mass is 459 g/mol. The lowest BCUT2D eigenvalue weighted by molar-refractivity contribution is -0.384. The Balaban J connectivity index is 1.79. The highest BCUT2D eigenvalue weighted by Crippen LogP contribution is 2.38. The van der Waals surface area contributed by atoms with Crippen molar-refractivity contribution < 1.29 is 14.5 Å². The van der Waals surface area contributed by atoms with Gasteiger partial charge in [-0.25, -0.2) is 9.88 Å². The molecular weight excluding hydrogens is 438 g/mol. The Labute approximate surface area is 195 Å². The van der Waals surface area contributed by atoms with Crippen molar-refractivity contribution in [3.05, 3.63) is 98.9 Å². The summed E-state index contributed by atoms with van der Waals surface area (Å²) in [6, 6.07) is 19.0. The third kappa shape index (κ3) is 4.47. The second-order valence-electron chi connectivity index (χ2n) is 7.43. The smallest absolute Gasteiger partial charge is 0.269 e. The lowest BCUT2D eigenvalue weighted by Crippen LogP contribution is -2.26. The van der Waals surface area contributed by atoms with Gasteiger partial charge in [0.05, 0.1) is 23.4 Å². The maximum Gasteiger partial charge on any atom is 0.269 e. The van der Waals surface area contributed by atoms with Crippen molar-refractivity contribution in [3.63, 3.8) is 0 Å². The number of anilines is 2. The van der Waals surface area contributed by atoms with E-state index in [0.717, 1.165) is 16.7 Å². The summed E-state index contributed by atoms with van der Waals surface area (Å²) in [7, 11) is 1.56. The van der Waals surface area contributed by atoms with E-state index in [0.29, 0.717) is 27.8 Å². The quantitative estimate of drug-likeness (QED) is 0.249. The number of rotatable bonds is 6. The zero-order valence-electron chi connectivity index (χ0n) is 18.3. The molecule has 0 spiro atoms. The summed E-state index contributed by atoms with van der Waals surface area (Å²) in [5.74, 6) is 0.314. The van der Waals surface area contributed by atoms with Crippen molar-refractivity contribution in [1.82, 2.24) is 4.98 Å². The average Bonchev–Trinajstić information content (AvgIpc) is 3.31. The summed E-state index contributed by atoms with van der Waals surface area (Å²) in [6.07, 6.45) is 0. The van der Waals surface area contributed by atoms with E-state index in [4.69, 9.17) is 9.72 Å². The van der Waals surface area contributed by atoms with Gasteiger partial charge in [-0.3, -0.25) is 14.9 Å². The normalized spacial score (nSPS) is 10.6. The van der Waals surface area contributed by atoms with Gasteiger partial charge >= 0.3 is 0 Å². The van der Waals surface area contributed by atoms with Gasteiger partial charge in [-0.1, -0.05) is 18.2 Å². The average molecular weight is 460 g/mol. The number of amides is 1. The number of aromatic nitrogens is 1. The molecule has 3 aromatic carbocycles. The Hall–Kier alpha value is -4.04. The van der Waals surface area contributed by atoms with E-state index in [2.05, 4.69) is 0 Å². The number of ether oxygens (including phenoxy) is 1. The van der Waals surface area contributed by atoms with Crippen molar-refractivity contribution in [2.24, 2.45) is 0 Å². The second kappa shape index (κ2) is 9.22. The van der Waals surface area contributed by atoms with Gasteiger partial charge in [-0.2, -0.15) is 0 Å². The Morgan fingerprint density at radius 2 is 1.76 bits per heavy atom. The Morgan fingerprint density at radius 1 is 1.03 bits per heavy atom. The molecule has 166 valence electrons. The lowest BCUT2D eigenvalue weighted by atomic mass is 10.1. The minimum Gasteiger partial charge on any atom is -0.495 e. The number of methoxy groups -OCH3 is 1. The summed E-state index contributed by atoms with van der Waals surface area (Å²) in [5.41, 5.74) is 4.59. The van der Waals surface area contributed by atoms with Crippen LogP contribution in [0.5, 0.6) is 5.75 Å². The third-order valence-corrected chi connectivity index (χ3v) is 6.17. The van der Waals surface area contributed by atoms with Crippen LogP contribution in [0.15, 0.2) is 72.1 Å². The number of carbonyl (C=O) groups excluding carboxylic acids is 1. The van der Waals surface area contributed by atoms with E-state index >= 15 is 0 Å². The first-order valence-electron chi connectivity index (χ1n) is 10.1. The largest absolute Gasteiger partial charge is 0.495 e. The molecule has 4 aromatic rings. The van der Waals surface area contributed by atoms with E-state index in [1.165, 1.54) is 23.5 Å².